The van der Waals surface area contributed by atoms with Gasteiger partial charge in [0.2, 0.25) is 0 Å². The second-order valence-electron chi connectivity index (χ2n) is 7.11. The molecule has 8 heteroatoms. The molecule has 0 bridgehead atoms. The van der Waals surface area contributed by atoms with E-state index in [-0.39, 0.29) is 12.6 Å². The number of fused-ring (bicyclic) bond motifs is 1. The van der Waals surface area contributed by atoms with Crippen LogP contribution in [0.15, 0.2) is 18.5 Å². The molecule has 0 aliphatic heterocycles. The van der Waals surface area contributed by atoms with Crippen LogP contribution in [0.2, 0.25) is 0 Å². The third-order valence-electron chi connectivity index (χ3n) is 5.28. The van der Waals surface area contributed by atoms with Gasteiger partial charge in [-0.15, -0.1) is 5.10 Å². The van der Waals surface area contributed by atoms with Crippen molar-refractivity contribution in [2.75, 3.05) is 0 Å². The highest BCUT2D eigenvalue weighted by Crippen LogP contribution is 2.28. The number of aliphatic hydroxyl groups is 1. The summed E-state index contributed by atoms with van der Waals surface area (Å²) in [5.41, 5.74) is 3.70. The highest BCUT2D eigenvalue weighted by Gasteiger charge is 2.27. The molecule has 2 N–H and O–H groups in total. The fraction of sp³-hybridized carbons (Fsp3) is 0.556. The van der Waals surface area contributed by atoms with E-state index in [1.807, 2.05) is 35.7 Å². The van der Waals surface area contributed by atoms with Gasteiger partial charge in [-0.05, 0) is 31.4 Å². The molecule has 3 aromatic heterocycles. The van der Waals surface area contributed by atoms with E-state index >= 15 is 0 Å². The molecule has 0 saturated heterocycles. The summed E-state index contributed by atoms with van der Waals surface area (Å²) in [5.74, 6) is 0. The Labute approximate surface area is 152 Å². The molecule has 2 atom stereocenters. The Balaban J connectivity index is 1.49. The van der Waals surface area contributed by atoms with Gasteiger partial charge in [0.1, 0.15) is 5.69 Å². The van der Waals surface area contributed by atoms with Crippen molar-refractivity contribution < 1.29 is 5.11 Å². The molecule has 0 amide bonds. The third kappa shape index (κ3) is 3.22. The van der Waals surface area contributed by atoms with Gasteiger partial charge < -0.3 is 10.4 Å². The summed E-state index contributed by atoms with van der Waals surface area (Å²) in [5, 5.41) is 26.7. The lowest BCUT2D eigenvalue weighted by molar-refractivity contribution is 0.242. The molecule has 138 valence electrons. The summed E-state index contributed by atoms with van der Waals surface area (Å²) in [6.45, 7) is 2.71. The number of nitrogens with one attached hydrogen (secondary N) is 1. The maximum Gasteiger partial charge on any atom is 0.157 e. The Morgan fingerprint density at radius 3 is 2.96 bits per heavy atom. The van der Waals surface area contributed by atoms with Crippen LogP contribution in [0.25, 0.3) is 11.0 Å². The average molecular weight is 355 g/mol. The van der Waals surface area contributed by atoms with Gasteiger partial charge in [0.05, 0.1) is 24.5 Å². The fourth-order valence-electron chi connectivity index (χ4n) is 3.91. The lowest BCUT2D eigenvalue weighted by atomic mass is 9.90. The SMILES string of the molecule is Cc1nn(C)c2ncc(CN[C@H]3CCCC[C@H]3n3cc(CO)nn3)cc12. The van der Waals surface area contributed by atoms with Crippen molar-refractivity contribution >= 4 is 11.0 Å². The van der Waals surface area contributed by atoms with Gasteiger partial charge in [-0.3, -0.25) is 4.68 Å². The van der Waals surface area contributed by atoms with Gasteiger partial charge in [0.25, 0.3) is 0 Å². The minimum Gasteiger partial charge on any atom is -0.390 e. The van der Waals surface area contributed by atoms with Crippen molar-refractivity contribution in [1.82, 2.24) is 35.1 Å². The van der Waals surface area contributed by atoms with Gasteiger partial charge in [-0.2, -0.15) is 5.10 Å². The molecule has 1 aliphatic rings. The van der Waals surface area contributed by atoms with Crippen LogP contribution in [0, 0.1) is 6.92 Å². The molecule has 1 saturated carbocycles. The van der Waals surface area contributed by atoms with Crippen LogP contribution in [0.4, 0.5) is 0 Å². The molecule has 26 heavy (non-hydrogen) atoms. The van der Waals surface area contributed by atoms with Gasteiger partial charge in [-0.1, -0.05) is 18.1 Å². The van der Waals surface area contributed by atoms with Crippen LogP contribution in [0.5, 0.6) is 0 Å². The first-order valence-electron chi connectivity index (χ1n) is 9.19. The summed E-state index contributed by atoms with van der Waals surface area (Å²) in [6, 6.07) is 2.78. The second-order valence-corrected chi connectivity index (χ2v) is 7.11. The van der Waals surface area contributed by atoms with E-state index in [9.17, 15) is 5.11 Å². The van der Waals surface area contributed by atoms with Gasteiger partial charge in [0, 0.05) is 31.2 Å². The van der Waals surface area contributed by atoms with E-state index in [2.05, 4.69) is 31.8 Å². The zero-order valence-electron chi connectivity index (χ0n) is 15.3. The average Bonchev–Trinajstić information content (AvgIpc) is 3.25. The molecule has 8 nitrogen and oxygen atoms in total. The van der Waals surface area contributed by atoms with Gasteiger partial charge in [-0.25, -0.2) is 9.67 Å². The Bertz CT molecular complexity index is 900. The maximum atomic E-state index is 9.23. The largest absolute Gasteiger partial charge is 0.390 e. The van der Waals surface area contributed by atoms with E-state index in [0.29, 0.717) is 11.7 Å². The Kier molecular flexibility index (Phi) is 4.69. The number of aromatic nitrogens is 6. The van der Waals surface area contributed by atoms with Crippen molar-refractivity contribution in [1.29, 1.82) is 0 Å². The summed E-state index contributed by atoms with van der Waals surface area (Å²) in [4.78, 5) is 4.56. The monoisotopic (exact) mass is 355 g/mol. The molecule has 3 heterocycles. The van der Waals surface area contributed by atoms with Crippen molar-refractivity contribution in [3.63, 3.8) is 0 Å². The molecule has 0 radical (unpaired) electrons. The summed E-state index contributed by atoms with van der Waals surface area (Å²) in [6.07, 6.45) is 8.38. The van der Waals surface area contributed by atoms with Gasteiger partial charge >= 0.3 is 0 Å². The molecule has 0 unspecified atom stereocenters. The van der Waals surface area contributed by atoms with Crippen LogP contribution in [0.3, 0.4) is 0 Å². The van der Waals surface area contributed by atoms with E-state index < -0.39 is 0 Å². The van der Waals surface area contributed by atoms with Crippen molar-refractivity contribution in [3.8, 4) is 0 Å². The second kappa shape index (κ2) is 7.13. The number of aliphatic hydroxyl groups excluding tert-OH is 1. The first-order valence-corrected chi connectivity index (χ1v) is 9.19. The van der Waals surface area contributed by atoms with Gasteiger partial charge in [0.15, 0.2) is 5.65 Å². The van der Waals surface area contributed by atoms with E-state index in [1.54, 1.807) is 0 Å². The lowest BCUT2D eigenvalue weighted by Crippen LogP contribution is -2.39. The molecule has 1 aliphatic carbocycles. The molecule has 0 aromatic carbocycles. The zero-order chi connectivity index (χ0) is 18.1. The minimum absolute atomic E-state index is 0.0685. The van der Waals surface area contributed by atoms with Crippen LogP contribution in [0.1, 0.15) is 48.7 Å². The summed E-state index contributed by atoms with van der Waals surface area (Å²) in [7, 11) is 1.92. The Morgan fingerprint density at radius 2 is 2.15 bits per heavy atom. The normalized spacial score (nSPS) is 20.7. The van der Waals surface area contributed by atoms with Crippen LogP contribution < -0.4 is 5.32 Å². The number of aryl methyl sites for hydroxylation is 2. The first-order chi connectivity index (χ1) is 12.7. The summed E-state index contributed by atoms with van der Waals surface area (Å²) >= 11 is 0. The van der Waals surface area contributed by atoms with Crippen LogP contribution >= 0.6 is 0 Å². The predicted octanol–water partition coefficient (Wildman–Crippen LogP) is 1.63. The minimum atomic E-state index is -0.0685. The molecule has 3 aromatic rings. The molecular weight excluding hydrogens is 330 g/mol. The summed E-state index contributed by atoms with van der Waals surface area (Å²) < 4.78 is 3.73. The zero-order valence-corrected chi connectivity index (χ0v) is 15.3. The van der Waals surface area contributed by atoms with E-state index in [1.165, 1.54) is 12.8 Å². The Morgan fingerprint density at radius 1 is 1.31 bits per heavy atom. The standard InChI is InChI=1S/C18H25N7O/c1-12-15-7-13(9-20-18(15)24(2)22-12)8-19-16-5-3-4-6-17(16)25-10-14(11-26)21-23-25/h7,9-10,16-17,19,26H,3-6,8,11H2,1-2H3/t16-,17+/m0/s1. The molecular formula is C18H25N7O. The predicted molar refractivity (Wildman–Crippen MR) is 97.3 cm³/mol. The third-order valence-corrected chi connectivity index (χ3v) is 5.28. The molecule has 1 fully saturated rings. The molecule has 0 spiro atoms. The van der Waals surface area contributed by atoms with Crippen molar-refractivity contribution in [3.05, 3.63) is 35.4 Å². The smallest absolute Gasteiger partial charge is 0.157 e. The highest BCUT2D eigenvalue weighted by molar-refractivity contribution is 5.78. The number of hydrogen-bond acceptors (Lipinski definition) is 6. The topological polar surface area (TPSA) is 93.7 Å². The fourth-order valence-corrected chi connectivity index (χ4v) is 3.91. The maximum absolute atomic E-state index is 9.23. The lowest BCUT2D eigenvalue weighted by Gasteiger charge is -2.32. The number of nitrogens with zero attached hydrogens (tertiary/aromatic N) is 6. The van der Waals surface area contributed by atoms with E-state index in [4.69, 9.17) is 0 Å². The van der Waals surface area contributed by atoms with Crippen LogP contribution in [-0.2, 0) is 20.2 Å². The number of hydrogen-bond donors (Lipinski definition) is 2. The van der Waals surface area contributed by atoms with Crippen molar-refractivity contribution in [2.45, 2.75) is 57.8 Å². The first kappa shape index (κ1) is 17.1. The quantitative estimate of drug-likeness (QED) is 0.723. The van der Waals surface area contributed by atoms with Crippen molar-refractivity contribution in [2.24, 2.45) is 7.05 Å². The molecule has 4 rings (SSSR count). The van der Waals surface area contributed by atoms with Crippen LogP contribution in [-0.4, -0.2) is 40.9 Å². The number of rotatable bonds is 5. The van der Waals surface area contributed by atoms with E-state index in [0.717, 1.165) is 41.7 Å². The number of pyridine rings is 1. The highest BCUT2D eigenvalue weighted by atomic mass is 16.3. The Hall–Kier alpha value is -2.32.